The smallest absolute Gasteiger partial charge is 0.122 e. The highest BCUT2D eigenvalue weighted by Crippen LogP contribution is 2.20. The van der Waals surface area contributed by atoms with Gasteiger partial charge in [0.15, 0.2) is 0 Å². The van der Waals surface area contributed by atoms with Crippen LogP contribution in [0, 0.1) is 11.3 Å². The van der Waals surface area contributed by atoms with Crippen molar-refractivity contribution in [1.82, 2.24) is 4.90 Å². The van der Waals surface area contributed by atoms with E-state index in [1.54, 1.807) is 7.11 Å². The van der Waals surface area contributed by atoms with Crippen LogP contribution in [0.3, 0.4) is 0 Å². The van der Waals surface area contributed by atoms with Crippen LogP contribution in [0.4, 0.5) is 0 Å². The van der Waals surface area contributed by atoms with Gasteiger partial charge in [0.2, 0.25) is 0 Å². The lowest BCUT2D eigenvalue weighted by Crippen LogP contribution is -2.31. The summed E-state index contributed by atoms with van der Waals surface area (Å²) in [6, 6.07) is 10.8. The summed E-state index contributed by atoms with van der Waals surface area (Å²) in [7, 11) is 3.86. The predicted molar refractivity (Wildman–Crippen MR) is 78.3 cm³/mol. The lowest BCUT2D eigenvalue weighted by Gasteiger charge is -2.25. The first kappa shape index (κ1) is 15.5. The zero-order valence-corrected chi connectivity index (χ0v) is 12.2. The molecule has 0 spiro atoms. The summed E-state index contributed by atoms with van der Waals surface area (Å²) in [6.45, 7) is 3.27. The maximum Gasteiger partial charge on any atom is 0.122 e. The summed E-state index contributed by atoms with van der Waals surface area (Å²) in [5.41, 5.74) is 1.25. The molecule has 1 atom stereocenters. The Labute approximate surface area is 116 Å². The highest BCUT2D eigenvalue weighted by Gasteiger charge is 2.12. The van der Waals surface area contributed by atoms with Gasteiger partial charge in [0.25, 0.3) is 0 Å². The van der Waals surface area contributed by atoms with Gasteiger partial charge >= 0.3 is 0 Å². The van der Waals surface area contributed by atoms with E-state index in [9.17, 15) is 0 Å². The molecule has 1 aromatic carbocycles. The van der Waals surface area contributed by atoms with Gasteiger partial charge in [-0.2, -0.15) is 5.26 Å². The number of methoxy groups -OCH3 is 1. The Kier molecular flexibility index (Phi) is 6.99. The van der Waals surface area contributed by atoms with Crippen molar-refractivity contribution in [2.24, 2.45) is 0 Å². The molecule has 0 N–H and O–H groups in total. The molecule has 0 fully saturated rings. The molecule has 0 aromatic heterocycles. The molecule has 0 heterocycles. The van der Waals surface area contributed by atoms with E-state index in [0.717, 1.165) is 31.6 Å². The molecule has 3 nitrogen and oxygen atoms in total. The molecule has 1 unspecified atom stereocenters. The van der Waals surface area contributed by atoms with Crippen LogP contribution in [-0.2, 0) is 6.42 Å². The Morgan fingerprint density at radius 1 is 1.32 bits per heavy atom. The first-order valence-electron chi connectivity index (χ1n) is 6.88. The molecule has 0 saturated carbocycles. The van der Waals surface area contributed by atoms with Gasteiger partial charge in [-0.1, -0.05) is 18.2 Å². The van der Waals surface area contributed by atoms with Crippen LogP contribution in [0.25, 0.3) is 0 Å². The van der Waals surface area contributed by atoms with Crippen molar-refractivity contribution in [2.75, 3.05) is 20.7 Å². The van der Waals surface area contributed by atoms with Crippen molar-refractivity contribution in [1.29, 1.82) is 5.26 Å². The van der Waals surface area contributed by atoms with E-state index >= 15 is 0 Å². The standard InChI is InChI=1S/C16H24N2O/c1-14(18(2)12-8-4-7-11-17)13-15-9-5-6-10-16(15)19-3/h5-6,9-10,14H,4,7-8,12-13H2,1-3H3. The van der Waals surface area contributed by atoms with E-state index in [1.165, 1.54) is 5.56 Å². The summed E-state index contributed by atoms with van der Waals surface area (Å²) < 4.78 is 5.38. The highest BCUT2D eigenvalue weighted by molar-refractivity contribution is 5.33. The average molecular weight is 260 g/mol. The van der Waals surface area contributed by atoms with Gasteiger partial charge in [0, 0.05) is 12.5 Å². The summed E-state index contributed by atoms with van der Waals surface area (Å²) in [5.74, 6) is 0.965. The molecular formula is C16H24N2O. The molecule has 0 amide bonds. The van der Waals surface area contributed by atoms with Gasteiger partial charge in [-0.25, -0.2) is 0 Å². The number of unbranched alkanes of at least 4 members (excludes halogenated alkanes) is 2. The normalized spacial score (nSPS) is 12.2. The quantitative estimate of drug-likeness (QED) is 0.673. The summed E-state index contributed by atoms with van der Waals surface area (Å²) >= 11 is 0. The molecule has 0 saturated heterocycles. The highest BCUT2D eigenvalue weighted by atomic mass is 16.5. The van der Waals surface area contributed by atoms with E-state index in [1.807, 2.05) is 12.1 Å². The summed E-state index contributed by atoms with van der Waals surface area (Å²) in [5, 5.41) is 8.52. The van der Waals surface area contributed by atoms with Crippen molar-refractivity contribution in [3.05, 3.63) is 29.8 Å². The molecule has 0 radical (unpaired) electrons. The second-order valence-electron chi connectivity index (χ2n) is 4.96. The fourth-order valence-electron chi connectivity index (χ4n) is 2.13. The van der Waals surface area contributed by atoms with Crippen molar-refractivity contribution in [3.63, 3.8) is 0 Å². The van der Waals surface area contributed by atoms with Gasteiger partial charge in [0.05, 0.1) is 13.2 Å². The third-order valence-corrected chi connectivity index (χ3v) is 3.51. The number of para-hydroxylation sites is 1. The van der Waals surface area contributed by atoms with Crippen LogP contribution < -0.4 is 4.74 Å². The number of hydrogen-bond acceptors (Lipinski definition) is 3. The van der Waals surface area contributed by atoms with Crippen molar-refractivity contribution in [3.8, 4) is 11.8 Å². The number of rotatable bonds is 8. The minimum atomic E-state index is 0.471. The summed E-state index contributed by atoms with van der Waals surface area (Å²) in [6.07, 6.45) is 3.72. The zero-order chi connectivity index (χ0) is 14.1. The third kappa shape index (κ3) is 5.32. The Morgan fingerprint density at radius 3 is 2.74 bits per heavy atom. The van der Waals surface area contributed by atoms with Crippen LogP contribution in [0.15, 0.2) is 24.3 Å². The number of nitrogens with zero attached hydrogens (tertiary/aromatic N) is 2. The Balaban J connectivity index is 2.45. The minimum Gasteiger partial charge on any atom is -0.496 e. The van der Waals surface area contributed by atoms with Crippen LogP contribution in [0.5, 0.6) is 5.75 Å². The molecule has 0 bridgehead atoms. The van der Waals surface area contributed by atoms with Crippen molar-refractivity contribution >= 4 is 0 Å². The maximum absolute atomic E-state index is 8.52. The Bertz CT molecular complexity index is 411. The van der Waals surface area contributed by atoms with Gasteiger partial charge in [-0.15, -0.1) is 0 Å². The van der Waals surface area contributed by atoms with E-state index in [4.69, 9.17) is 10.00 Å². The fraction of sp³-hybridized carbons (Fsp3) is 0.562. The first-order chi connectivity index (χ1) is 9.19. The largest absolute Gasteiger partial charge is 0.496 e. The molecule has 0 aliphatic heterocycles. The van der Waals surface area contributed by atoms with Gasteiger partial charge in [0.1, 0.15) is 5.75 Å². The second kappa shape index (κ2) is 8.55. The van der Waals surface area contributed by atoms with Gasteiger partial charge < -0.3 is 9.64 Å². The Hall–Kier alpha value is -1.53. The SMILES string of the molecule is COc1ccccc1CC(C)N(C)CCCCC#N. The topological polar surface area (TPSA) is 36.3 Å². The van der Waals surface area contributed by atoms with E-state index < -0.39 is 0 Å². The van der Waals surface area contributed by atoms with Crippen LogP contribution in [0.2, 0.25) is 0 Å². The number of ether oxygens (including phenoxy) is 1. The molecule has 19 heavy (non-hydrogen) atoms. The number of benzene rings is 1. The van der Waals surface area contributed by atoms with E-state index in [0.29, 0.717) is 12.5 Å². The summed E-state index contributed by atoms with van der Waals surface area (Å²) in [4.78, 5) is 2.35. The van der Waals surface area contributed by atoms with Crippen LogP contribution in [0.1, 0.15) is 31.7 Å². The molecule has 3 heteroatoms. The molecule has 0 aliphatic carbocycles. The number of likely N-dealkylation sites (N-methyl/N-ethyl adjacent to an activating group) is 1. The predicted octanol–water partition coefficient (Wildman–Crippen LogP) is 3.25. The van der Waals surface area contributed by atoms with Gasteiger partial charge in [-0.05, 0) is 51.4 Å². The lowest BCUT2D eigenvalue weighted by atomic mass is 10.0. The Morgan fingerprint density at radius 2 is 2.05 bits per heavy atom. The van der Waals surface area contributed by atoms with Crippen LogP contribution in [-0.4, -0.2) is 31.6 Å². The maximum atomic E-state index is 8.52. The molecular weight excluding hydrogens is 236 g/mol. The first-order valence-corrected chi connectivity index (χ1v) is 6.88. The molecule has 1 rings (SSSR count). The number of nitriles is 1. The van der Waals surface area contributed by atoms with Crippen LogP contribution >= 0.6 is 0 Å². The lowest BCUT2D eigenvalue weighted by molar-refractivity contribution is 0.250. The second-order valence-corrected chi connectivity index (χ2v) is 4.96. The molecule has 1 aromatic rings. The molecule has 0 aliphatic rings. The number of hydrogen-bond donors (Lipinski definition) is 0. The fourth-order valence-corrected chi connectivity index (χ4v) is 2.13. The minimum absolute atomic E-state index is 0.471. The average Bonchev–Trinajstić information content (AvgIpc) is 2.44. The third-order valence-electron chi connectivity index (χ3n) is 3.51. The molecule has 104 valence electrons. The van der Waals surface area contributed by atoms with Crippen molar-refractivity contribution < 1.29 is 4.74 Å². The van der Waals surface area contributed by atoms with E-state index in [-0.39, 0.29) is 0 Å². The monoisotopic (exact) mass is 260 g/mol. The van der Waals surface area contributed by atoms with E-state index in [2.05, 4.69) is 37.1 Å². The van der Waals surface area contributed by atoms with Crippen molar-refractivity contribution in [2.45, 2.75) is 38.6 Å². The van der Waals surface area contributed by atoms with Gasteiger partial charge in [-0.3, -0.25) is 0 Å². The zero-order valence-electron chi connectivity index (χ0n) is 12.2.